The number of sulfonamides is 1. The molecule has 2 saturated heterocycles. The van der Waals surface area contributed by atoms with Gasteiger partial charge in [-0.2, -0.15) is 4.31 Å². The van der Waals surface area contributed by atoms with E-state index in [9.17, 15) is 22.4 Å². The van der Waals surface area contributed by atoms with Crippen molar-refractivity contribution in [3.8, 4) is 5.75 Å². The molecule has 3 fully saturated rings. The fourth-order valence-corrected chi connectivity index (χ4v) is 7.68. The van der Waals surface area contributed by atoms with E-state index in [-0.39, 0.29) is 54.3 Å². The molecule has 3 aliphatic rings. The van der Waals surface area contributed by atoms with Gasteiger partial charge in [0, 0.05) is 65.1 Å². The molecule has 2 amide bonds. The largest absolute Gasteiger partial charge is 0.493 e. The second-order valence-corrected chi connectivity index (χ2v) is 13.7. The summed E-state index contributed by atoms with van der Waals surface area (Å²) >= 11 is 0. The minimum atomic E-state index is -3.93. The van der Waals surface area contributed by atoms with E-state index >= 15 is 0 Å². The minimum Gasteiger partial charge on any atom is -0.493 e. The number of nitrogens with one attached hydrogen (secondary N) is 2. The van der Waals surface area contributed by atoms with Gasteiger partial charge in [-0.15, -0.1) is 0 Å². The monoisotopic (exact) mass is 633 g/mol. The van der Waals surface area contributed by atoms with Crippen molar-refractivity contribution < 1.29 is 27.1 Å². The third-order valence-electron chi connectivity index (χ3n) is 8.64. The number of ether oxygens (including phenoxy) is 1. The second kappa shape index (κ2) is 13.9. The van der Waals surface area contributed by atoms with Gasteiger partial charge in [0.2, 0.25) is 10.0 Å². The highest BCUT2D eigenvalue weighted by Crippen LogP contribution is 2.37. The Morgan fingerprint density at radius 3 is 2.57 bits per heavy atom. The maximum atomic E-state index is 13.8. The molecule has 0 bridgehead atoms. The van der Waals surface area contributed by atoms with Gasteiger partial charge in [0.1, 0.15) is 11.4 Å². The third-order valence-corrected chi connectivity index (χ3v) is 10.5. The lowest BCUT2D eigenvalue weighted by atomic mass is 10.1. The Kier molecular flexibility index (Phi) is 10.3. The topological polar surface area (TPSA) is 142 Å². The molecule has 1 atom stereocenters. The number of aromatic nitrogens is 1. The summed E-state index contributed by atoms with van der Waals surface area (Å²) in [6.45, 7) is 5.71. The predicted molar refractivity (Wildman–Crippen MR) is 165 cm³/mol. The van der Waals surface area contributed by atoms with Crippen molar-refractivity contribution >= 4 is 27.5 Å². The van der Waals surface area contributed by atoms with Crippen LogP contribution in [0.25, 0.3) is 0 Å². The zero-order chi connectivity index (χ0) is 31.4. The van der Waals surface area contributed by atoms with E-state index in [2.05, 4.69) is 20.7 Å². The molecule has 1 saturated carbocycles. The third kappa shape index (κ3) is 7.09. The molecular formula is C30H44FN7O5S. The molecule has 0 radical (unpaired) electrons. The normalized spacial score (nSPS) is 20.5. The summed E-state index contributed by atoms with van der Waals surface area (Å²) in [6.07, 6.45) is 5.94. The lowest BCUT2D eigenvalue weighted by Crippen LogP contribution is -2.62. The summed E-state index contributed by atoms with van der Waals surface area (Å²) in [6, 6.07) is 4.49. The molecule has 3 heterocycles. The Morgan fingerprint density at radius 2 is 1.91 bits per heavy atom. The maximum Gasteiger partial charge on any atom is 0.267 e. The molecule has 1 aromatic carbocycles. The van der Waals surface area contributed by atoms with Gasteiger partial charge in [-0.25, -0.2) is 18.4 Å². The van der Waals surface area contributed by atoms with Crippen molar-refractivity contribution in [3.63, 3.8) is 0 Å². The van der Waals surface area contributed by atoms with E-state index < -0.39 is 21.8 Å². The molecule has 4 N–H and O–H groups in total. The van der Waals surface area contributed by atoms with Crippen LogP contribution in [-0.4, -0.2) is 104 Å². The van der Waals surface area contributed by atoms with Gasteiger partial charge < -0.3 is 25.7 Å². The summed E-state index contributed by atoms with van der Waals surface area (Å²) in [4.78, 5) is 26.0. The van der Waals surface area contributed by atoms with Crippen LogP contribution in [0.5, 0.6) is 5.75 Å². The molecule has 2 aromatic rings. The molecule has 1 unspecified atom stereocenters. The molecule has 44 heavy (non-hydrogen) atoms. The van der Waals surface area contributed by atoms with Gasteiger partial charge in [0.05, 0.1) is 29.4 Å². The molecule has 242 valence electrons. The van der Waals surface area contributed by atoms with Crippen LogP contribution in [0.1, 0.15) is 59.0 Å². The van der Waals surface area contributed by atoms with Crippen molar-refractivity contribution in [2.45, 2.75) is 50.0 Å². The summed E-state index contributed by atoms with van der Waals surface area (Å²) < 4.78 is 49.2. The van der Waals surface area contributed by atoms with E-state index in [0.717, 1.165) is 44.5 Å². The van der Waals surface area contributed by atoms with Gasteiger partial charge in [-0.3, -0.25) is 14.0 Å². The number of anilines is 1. The number of aryl methyl sites for hydroxylation is 1. The first-order chi connectivity index (χ1) is 21.1. The van der Waals surface area contributed by atoms with Crippen molar-refractivity contribution in [2.75, 3.05) is 64.4 Å². The lowest BCUT2D eigenvalue weighted by molar-refractivity contribution is -0.0893. The Morgan fingerprint density at radius 1 is 1.16 bits per heavy atom. The zero-order valence-electron chi connectivity index (χ0n) is 25.6. The minimum absolute atomic E-state index is 0.0102. The number of hydrogen-bond donors (Lipinski definition) is 3. The lowest BCUT2D eigenvalue weighted by Gasteiger charge is -2.46. The van der Waals surface area contributed by atoms with Crippen LogP contribution in [0.3, 0.4) is 0 Å². The molecule has 14 heteroatoms. The number of piperazine rings is 2. The highest BCUT2D eigenvalue weighted by molar-refractivity contribution is 7.89. The SMILES string of the molecule is CCOc1ccc(S(=O)(=O)N2CCN(N3CCNCC3CCCF)CC2)cc1C(=O)Nc1c(CC2CC2)cn(C)c1C(N)=O. The van der Waals surface area contributed by atoms with Crippen LogP contribution in [0, 0.1) is 5.92 Å². The number of primary amides is 1. The number of nitrogens with zero attached hydrogens (tertiary/aromatic N) is 4. The smallest absolute Gasteiger partial charge is 0.267 e. The van der Waals surface area contributed by atoms with Crippen LogP contribution in [0.2, 0.25) is 0 Å². The molecule has 5 rings (SSSR count). The van der Waals surface area contributed by atoms with Crippen molar-refractivity contribution in [3.05, 3.63) is 41.2 Å². The quantitative estimate of drug-likeness (QED) is 0.304. The first kappa shape index (κ1) is 32.4. The van der Waals surface area contributed by atoms with Crippen LogP contribution < -0.4 is 21.1 Å². The van der Waals surface area contributed by atoms with Gasteiger partial charge in [0.25, 0.3) is 11.8 Å². The molecular weight excluding hydrogens is 589 g/mol. The van der Waals surface area contributed by atoms with E-state index in [4.69, 9.17) is 10.5 Å². The molecule has 1 aromatic heterocycles. The van der Waals surface area contributed by atoms with Crippen LogP contribution in [0.15, 0.2) is 29.3 Å². The van der Waals surface area contributed by atoms with Gasteiger partial charge in [0.15, 0.2) is 0 Å². The Balaban J connectivity index is 1.35. The predicted octanol–water partition coefficient (Wildman–Crippen LogP) is 1.97. The van der Waals surface area contributed by atoms with E-state index in [1.807, 2.05) is 6.20 Å². The molecule has 1 aliphatic carbocycles. The first-order valence-electron chi connectivity index (χ1n) is 15.5. The fourth-order valence-electron chi connectivity index (χ4n) is 6.24. The number of alkyl halides is 1. The average molecular weight is 634 g/mol. The van der Waals surface area contributed by atoms with E-state index in [0.29, 0.717) is 37.5 Å². The Hall–Kier alpha value is -3.04. The summed E-state index contributed by atoms with van der Waals surface area (Å²) in [5.41, 5.74) is 7.07. The van der Waals surface area contributed by atoms with Crippen molar-refractivity contribution in [1.29, 1.82) is 0 Å². The first-order valence-corrected chi connectivity index (χ1v) is 16.9. The highest BCUT2D eigenvalue weighted by Gasteiger charge is 2.35. The molecule has 0 spiro atoms. The zero-order valence-corrected chi connectivity index (χ0v) is 26.4. The number of hydrogen-bond acceptors (Lipinski definition) is 8. The molecule has 2 aliphatic heterocycles. The van der Waals surface area contributed by atoms with E-state index in [1.165, 1.54) is 22.5 Å². The highest BCUT2D eigenvalue weighted by atomic mass is 32.2. The Bertz CT molecular complexity index is 1450. The molecule has 12 nitrogen and oxygen atoms in total. The fraction of sp³-hybridized carbons (Fsp3) is 0.600. The number of benzene rings is 1. The standard InChI is InChI=1S/C30H44FN7O5S/c1-3-43-26-9-8-24(18-25(26)30(40)34-27-22(17-21-6-7-21)20-35(2)28(27)29(32)39)44(41,42)37-15-13-36(14-16-37)38-12-11-33-19-23(38)5-4-10-31/h8-9,18,20-21,23,33H,3-7,10-17,19H2,1-2H3,(H2,32,39)(H,34,40). The number of hydrazine groups is 1. The number of carbonyl (C=O) groups excluding carboxylic acids is 2. The summed E-state index contributed by atoms with van der Waals surface area (Å²) in [5, 5.41) is 10.7. The maximum absolute atomic E-state index is 13.8. The average Bonchev–Trinajstić information content (AvgIpc) is 3.78. The number of halogens is 1. The van der Waals surface area contributed by atoms with Crippen molar-refractivity contribution in [2.24, 2.45) is 18.7 Å². The van der Waals surface area contributed by atoms with E-state index in [1.54, 1.807) is 18.5 Å². The summed E-state index contributed by atoms with van der Waals surface area (Å²) in [7, 11) is -2.22. The number of amides is 2. The van der Waals surface area contributed by atoms with Gasteiger partial charge >= 0.3 is 0 Å². The van der Waals surface area contributed by atoms with Crippen LogP contribution >= 0.6 is 0 Å². The van der Waals surface area contributed by atoms with Crippen LogP contribution in [0.4, 0.5) is 10.1 Å². The van der Waals surface area contributed by atoms with Gasteiger partial charge in [-0.1, -0.05) is 0 Å². The van der Waals surface area contributed by atoms with Crippen LogP contribution in [-0.2, 0) is 23.5 Å². The summed E-state index contributed by atoms with van der Waals surface area (Å²) in [5.74, 6) is -0.514. The number of nitrogens with two attached hydrogens (primary N) is 1. The van der Waals surface area contributed by atoms with Gasteiger partial charge in [-0.05, 0) is 68.7 Å². The number of carbonyl (C=O) groups is 2. The number of rotatable bonds is 13. The van der Waals surface area contributed by atoms with Crippen molar-refractivity contribution in [1.82, 2.24) is 24.2 Å². The second-order valence-electron chi connectivity index (χ2n) is 11.8. The Labute approximate surface area is 258 Å².